The lowest BCUT2D eigenvalue weighted by Crippen LogP contribution is -2.07. The molecule has 1 rings (SSSR count). The Balaban J connectivity index is 3.43. The molecule has 0 fully saturated rings. The third kappa shape index (κ3) is 1.75. The van der Waals surface area contributed by atoms with E-state index < -0.39 is 5.97 Å². The molecule has 0 saturated carbocycles. The number of rotatable bonds is 2. The molecule has 0 aliphatic heterocycles. The third-order valence-electron chi connectivity index (χ3n) is 1.86. The zero-order valence-electron chi connectivity index (χ0n) is 7.50. The molecule has 0 aliphatic carbocycles. The molecule has 0 atom stereocenters. The second-order valence-corrected chi connectivity index (χ2v) is 2.86. The lowest BCUT2D eigenvalue weighted by molar-refractivity contribution is 0.0692. The highest BCUT2D eigenvalue weighted by Gasteiger charge is 2.14. The molecular formula is C10H10O3. The second kappa shape index (κ2) is 3.39. The Morgan fingerprint density at radius 2 is 1.92 bits per heavy atom. The molecule has 0 unspecified atom stereocenters. The molecule has 3 heteroatoms. The normalized spacial score (nSPS) is 9.69. The van der Waals surface area contributed by atoms with Crippen molar-refractivity contribution in [2.75, 3.05) is 0 Å². The number of benzene rings is 1. The summed E-state index contributed by atoms with van der Waals surface area (Å²) in [6.45, 7) is 3.10. The number of Topliss-reactive ketones (excluding diaryl/α,β-unsaturated/α-hetero) is 1. The standard InChI is InChI=1S/C10H10O3/c1-6-4-3-5-8(10(12)13)9(6)7(2)11/h3-5H,1-2H3,(H,12,13). The average Bonchev–Trinajstić information content (AvgIpc) is 2.02. The Morgan fingerprint density at radius 1 is 1.31 bits per heavy atom. The molecule has 0 aromatic heterocycles. The van der Waals surface area contributed by atoms with Crippen LogP contribution in [-0.2, 0) is 0 Å². The van der Waals surface area contributed by atoms with Gasteiger partial charge < -0.3 is 5.11 Å². The zero-order chi connectivity index (χ0) is 10.0. The van der Waals surface area contributed by atoms with Crippen LogP contribution in [0.2, 0.25) is 0 Å². The predicted octanol–water partition coefficient (Wildman–Crippen LogP) is 1.90. The SMILES string of the molecule is CC(=O)c1c(C)cccc1C(=O)O. The number of aromatic carboxylic acids is 1. The van der Waals surface area contributed by atoms with Crippen LogP contribution in [0.3, 0.4) is 0 Å². The minimum absolute atomic E-state index is 0.0764. The summed E-state index contributed by atoms with van der Waals surface area (Å²) in [7, 11) is 0. The van der Waals surface area contributed by atoms with E-state index in [-0.39, 0.29) is 11.3 Å². The van der Waals surface area contributed by atoms with E-state index in [2.05, 4.69) is 0 Å². The van der Waals surface area contributed by atoms with Gasteiger partial charge in [-0.1, -0.05) is 12.1 Å². The van der Waals surface area contributed by atoms with Crippen LogP contribution in [0.5, 0.6) is 0 Å². The highest BCUT2D eigenvalue weighted by molar-refractivity contribution is 6.05. The van der Waals surface area contributed by atoms with Gasteiger partial charge in [0, 0.05) is 5.56 Å². The molecular weight excluding hydrogens is 168 g/mol. The fourth-order valence-electron chi connectivity index (χ4n) is 1.31. The highest BCUT2D eigenvalue weighted by atomic mass is 16.4. The van der Waals surface area contributed by atoms with Gasteiger partial charge in [0.05, 0.1) is 5.56 Å². The number of hydrogen-bond donors (Lipinski definition) is 1. The van der Waals surface area contributed by atoms with Crippen LogP contribution in [0.25, 0.3) is 0 Å². The Hall–Kier alpha value is -1.64. The van der Waals surface area contributed by atoms with Crippen molar-refractivity contribution in [3.63, 3.8) is 0 Å². The molecule has 1 aromatic rings. The van der Waals surface area contributed by atoms with Gasteiger partial charge in [0.1, 0.15) is 0 Å². The van der Waals surface area contributed by atoms with E-state index in [1.54, 1.807) is 19.1 Å². The smallest absolute Gasteiger partial charge is 0.336 e. The van der Waals surface area contributed by atoms with E-state index >= 15 is 0 Å². The first-order valence-corrected chi connectivity index (χ1v) is 3.88. The Labute approximate surface area is 76.0 Å². The van der Waals surface area contributed by atoms with Gasteiger partial charge in [-0.25, -0.2) is 4.79 Å². The van der Waals surface area contributed by atoms with E-state index in [1.807, 2.05) is 0 Å². The topological polar surface area (TPSA) is 54.4 Å². The zero-order valence-corrected chi connectivity index (χ0v) is 7.50. The minimum atomic E-state index is -1.06. The monoisotopic (exact) mass is 178 g/mol. The third-order valence-corrected chi connectivity index (χ3v) is 1.86. The highest BCUT2D eigenvalue weighted by Crippen LogP contribution is 2.14. The number of aryl methyl sites for hydroxylation is 1. The molecule has 0 saturated heterocycles. The largest absolute Gasteiger partial charge is 0.478 e. The number of hydrogen-bond acceptors (Lipinski definition) is 2. The molecule has 0 spiro atoms. The quantitative estimate of drug-likeness (QED) is 0.703. The van der Waals surface area contributed by atoms with Gasteiger partial charge in [0.2, 0.25) is 0 Å². The first-order chi connectivity index (χ1) is 6.04. The van der Waals surface area contributed by atoms with Gasteiger partial charge in [-0.05, 0) is 25.5 Å². The summed E-state index contributed by atoms with van der Waals surface area (Å²) < 4.78 is 0. The van der Waals surface area contributed by atoms with E-state index in [1.165, 1.54) is 13.0 Å². The molecule has 0 aliphatic rings. The maximum absolute atomic E-state index is 11.1. The lowest BCUT2D eigenvalue weighted by atomic mass is 9.99. The van der Waals surface area contributed by atoms with Gasteiger partial charge in [-0.3, -0.25) is 4.79 Å². The number of carbonyl (C=O) groups is 2. The van der Waals surface area contributed by atoms with Gasteiger partial charge in [0.15, 0.2) is 5.78 Å². The maximum atomic E-state index is 11.1. The van der Waals surface area contributed by atoms with Crippen molar-refractivity contribution in [2.24, 2.45) is 0 Å². The molecule has 0 amide bonds. The van der Waals surface area contributed by atoms with Crippen LogP contribution in [0.4, 0.5) is 0 Å². The van der Waals surface area contributed by atoms with Crippen molar-refractivity contribution in [3.05, 3.63) is 34.9 Å². The molecule has 3 nitrogen and oxygen atoms in total. The first kappa shape index (κ1) is 9.45. The molecule has 68 valence electrons. The maximum Gasteiger partial charge on any atom is 0.336 e. The van der Waals surface area contributed by atoms with Crippen molar-refractivity contribution < 1.29 is 14.7 Å². The summed E-state index contributed by atoms with van der Waals surface area (Å²) in [5, 5.41) is 8.79. The first-order valence-electron chi connectivity index (χ1n) is 3.88. The van der Waals surface area contributed by atoms with Crippen molar-refractivity contribution in [3.8, 4) is 0 Å². The fraction of sp³-hybridized carbons (Fsp3) is 0.200. The van der Waals surface area contributed by atoms with Crippen LogP contribution in [0.1, 0.15) is 33.2 Å². The summed E-state index contributed by atoms with van der Waals surface area (Å²) in [6.07, 6.45) is 0. The molecule has 1 aromatic carbocycles. The fourth-order valence-corrected chi connectivity index (χ4v) is 1.31. The number of carboxylic acid groups (broad SMARTS) is 1. The summed E-state index contributed by atoms with van der Waals surface area (Å²) in [6, 6.07) is 4.79. The van der Waals surface area contributed by atoms with Crippen molar-refractivity contribution in [2.45, 2.75) is 13.8 Å². The van der Waals surface area contributed by atoms with Crippen LogP contribution in [-0.4, -0.2) is 16.9 Å². The van der Waals surface area contributed by atoms with E-state index in [0.29, 0.717) is 11.1 Å². The Morgan fingerprint density at radius 3 is 2.31 bits per heavy atom. The number of carboxylic acids is 1. The van der Waals surface area contributed by atoms with Crippen molar-refractivity contribution in [1.82, 2.24) is 0 Å². The van der Waals surface area contributed by atoms with Crippen molar-refractivity contribution >= 4 is 11.8 Å². The van der Waals surface area contributed by atoms with Crippen LogP contribution < -0.4 is 0 Å². The van der Waals surface area contributed by atoms with Crippen LogP contribution in [0, 0.1) is 6.92 Å². The van der Waals surface area contributed by atoms with Crippen LogP contribution in [0.15, 0.2) is 18.2 Å². The number of carbonyl (C=O) groups excluding carboxylic acids is 1. The van der Waals surface area contributed by atoms with Crippen molar-refractivity contribution in [1.29, 1.82) is 0 Å². The predicted molar refractivity (Wildman–Crippen MR) is 48.1 cm³/mol. The average molecular weight is 178 g/mol. The van der Waals surface area contributed by atoms with E-state index in [9.17, 15) is 9.59 Å². The van der Waals surface area contributed by atoms with Gasteiger partial charge in [0.25, 0.3) is 0 Å². The Kier molecular flexibility index (Phi) is 2.46. The lowest BCUT2D eigenvalue weighted by Gasteiger charge is -2.04. The van der Waals surface area contributed by atoms with E-state index in [4.69, 9.17) is 5.11 Å². The number of ketones is 1. The van der Waals surface area contributed by atoms with Gasteiger partial charge in [-0.2, -0.15) is 0 Å². The summed E-state index contributed by atoms with van der Waals surface area (Å²) >= 11 is 0. The minimum Gasteiger partial charge on any atom is -0.478 e. The Bertz CT molecular complexity index is 366. The van der Waals surface area contributed by atoms with E-state index in [0.717, 1.165) is 0 Å². The summed E-state index contributed by atoms with van der Waals surface area (Å²) in [4.78, 5) is 21.9. The second-order valence-electron chi connectivity index (χ2n) is 2.86. The molecule has 0 heterocycles. The van der Waals surface area contributed by atoms with Crippen LogP contribution >= 0.6 is 0 Å². The van der Waals surface area contributed by atoms with Gasteiger partial charge >= 0.3 is 5.97 Å². The molecule has 0 bridgehead atoms. The molecule has 1 N–H and O–H groups in total. The molecule has 0 radical (unpaired) electrons. The molecule has 13 heavy (non-hydrogen) atoms. The summed E-state index contributed by atoms with van der Waals surface area (Å²) in [5.74, 6) is -1.27. The van der Waals surface area contributed by atoms with Gasteiger partial charge in [-0.15, -0.1) is 0 Å². The summed E-state index contributed by atoms with van der Waals surface area (Å²) in [5.41, 5.74) is 1.08.